The summed E-state index contributed by atoms with van der Waals surface area (Å²) in [6.07, 6.45) is -10.2. The van der Waals surface area contributed by atoms with E-state index in [0.717, 1.165) is 6.92 Å². The van der Waals surface area contributed by atoms with Crippen molar-refractivity contribution in [3.63, 3.8) is 0 Å². The first-order valence-corrected chi connectivity index (χ1v) is 23.3. The van der Waals surface area contributed by atoms with Crippen LogP contribution in [0.3, 0.4) is 0 Å². The van der Waals surface area contributed by atoms with E-state index < -0.39 is 129 Å². The van der Waals surface area contributed by atoms with Gasteiger partial charge in [0.05, 0.1) is 49.4 Å². The molecule has 6 rings (SSSR count). The number of carbonyl (C=O) groups excluding carboxylic acids is 5. The van der Waals surface area contributed by atoms with Crippen molar-refractivity contribution < 1.29 is 85.4 Å². The summed E-state index contributed by atoms with van der Waals surface area (Å²) < 4.78 is 71.4. The third-order valence-corrected chi connectivity index (χ3v) is 14.3. The normalized spacial score (nSPS) is 31.1. The predicted octanol–water partition coefficient (Wildman–Crippen LogP) is 1.82. The lowest BCUT2D eigenvalue weighted by Crippen LogP contribution is -2.81. The maximum absolute atomic E-state index is 15.1. The number of esters is 4. The summed E-state index contributed by atoms with van der Waals surface area (Å²) in [7, 11) is -4.19. The number of fused-ring (bicyclic) bond motifs is 5. The van der Waals surface area contributed by atoms with Crippen LogP contribution in [0.15, 0.2) is 71.8 Å². The Labute approximate surface area is 382 Å². The number of hydrogen-bond donors (Lipinski definition) is 5. The fraction of sp³-hybridized carbons (Fsp3) is 0.587. The zero-order chi connectivity index (χ0) is 48.4. The topological polar surface area (TPSA) is 277 Å². The third-order valence-electron chi connectivity index (χ3n) is 13.7. The fourth-order valence-electron chi connectivity index (χ4n) is 10.2. The zero-order valence-electron chi connectivity index (χ0n) is 37.7. The lowest BCUT2D eigenvalue weighted by atomic mass is 9.44. The van der Waals surface area contributed by atoms with Gasteiger partial charge in [-0.25, -0.2) is 14.4 Å². The highest BCUT2D eigenvalue weighted by Crippen LogP contribution is 2.64. The van der Waals surface area contributed by atoms with Crippen molar-refractivity contribution in [1.29, 1.82) is 0 Å². The monoisotopic (exact) mass is 945 g/mol. The molecule has 2 bridgehead atoms. The number of nitrogens with one attached hydrogen (secondary N) is 1. The molecule has 2 aromatic carbocycles. The van der Waals surface area contributed by atoms with Crippen molar-refractivity contribution in [2.75, 3.05) is 45.5 Å². The maximum Gasteiger partial charge on any atom is 0.348 e. The number of ketones is 1. The first kappa shape index (κ1) is 50.8. The predicted molar refractivity (Wildman–Crippen MR) is 230 cm³/mol. The van der Waals surface area contributed by atoms with Crippen molar-refractivity contribution in [2.45, 2.75) is 108 Å². The molecule has 19 nitrogen and oxygen atoms in total. The molecule has 1 heterocycles. The van der Waals surface area contributed by atoms with Crippen molar-refractivity contribution in [1.82, 2.24) is 5.32 Å². The SMILES string of the molecule is CC(=O)O[C@@]12COC1C[C@H](O)[C@@]1(C)C(=O)[C@H](O)C3=C(C)[C@@H](OC(=O)[C@H](OC(=O)COCCOCCNCS(=O)(=O)O)[C@@H](C)c4ccccc4)C[C@@](O)([C@@H](OC(=O)c4ccccc4)[C@@H]12)C3(C)C. The smallest absolute Gasteiger partial charge is 0.348 e. The van der Waals surface area contributed by atoms with Crippen LogP contribution in [0.25, 0.3) is 0 Å². The third kappa shape index (κ3) is 9.84. The van der Waals surface area contributed by atoms with Gasteiger partial charge >= 0.3 is 23.9 Å². The lowest BCUT2D eigenvalue weighted by molar-refractivity contribution is -0.346. The summed E-state index contributed by atoms with van der Waals surface area (Å²) in [4.78, 5) is 70.0. The molecule has 0 aromatic heterocycles. The van der Waals surface area contributed by atoms with Crippen molar-refractivity contribution in [3.8, 4) is 0 Å². The molecule has 4 aliphatic rings. The average Bonchev–Trinajstić information content (AvgIpc) is 3.26. The Balaban J connectivity index is 1.34. The summed E-state index contributed by atoms with van der Waals surface area (Å²) in [6, 6.07) is 16.5. The quantitative estimate of drug-likeness (QED) is 0.0469. The number of hydrogen-bond acceptors (Lipinski definition) is 18. The highest BCUT2D eigenvalue weighted by Gasteiger charge is 2.78. The molecule has 3 fully saturated rings. The Morgan fingerprint density at radius 2 is 1.58 bits per heavy atom. The summed E-state index contributed by atoms with van der Waals surface area (Å²) >= 11 is 0. The van der Waals surface area contributed by atoms with Crippen molar-refractivity contribution in [2.24, 2.45) is 16.7 Å². The van der Waals surface area contributed by atoms with E-state index in [4.69, 9.17) is 37.7 Å². The number of ether oxygens (including phenoxy) is 7. The van der Waals surface area contributed by atoms with Crippen molar-refractivity contribution in [3.05, 3.63) is 82.9 Å². The maximum atomic E-state index is 15.1. The number of Topliss-reactive ketones (excluding diaryl/α,β-unsaturated/α-hetero) is 1. The number of aliphatic hydroxyl groups is 3. The Morgan fingerprint density at radius 1 is 0.939 bits per heavy atom. The van der Waals surface area contributed by atoms with Crippen LogP contribution in [0.5, 0.6) is 0 Å². The molecule has 0 radical (unpaired) electrons. The Kier molecular flexibility index (Phi) is 15.3. The van der Waals surface area contributed by atoms with Crippen LogP contribution in [0.2, 0.25) is 0 Å². The minimum Gasteiger partial charge on any atom is -0.455 e. The van der Waals surface area contributed by atoms with Gasteiger partial charge in [0.15, 0.2) is 11.4 Å². The molecule has 1 aliphatic heterocycles. The van der Waals surface area contributed by atoms with Crippen LogP contribution in [0.1, 0.15) is 76.2 Å². The van der Waals surface area contributed by atoms with E-state index in [2.05, 4.69) is 5.32 Å². The van der Waals surface area contributed by atoms with E-state index in [1.54, 1.807) is 69.3 Å². The van der Waals surface area contributed by atoms with E-state index in [1.165, 1.54) is 26.0 Å². The number of carbonyl (C=O) groups is 5. The van der Waals surface area contributed by atoms with Crippen LogP contribution >= 0.6 is 0 Å². The molecule has 0 spiro atoms. The van der Waals surface area contributed by atoms with Gasteiger partial charge in [-0.05, 0) is 42.7 Å². The van der Waals surface area contributed by atoms with E-state index in [-0.39, 0.29) is 56.1 Å². The van der Waals surface area contributed by atoms with Crippen LogP contribution in [-0.2, 0) is 62.5 Å². The Morgan fingerprint density at radius 3 is 2.18 bits per heavy atom. The minimum atomic E-state index is -4.19. The lowest BCUT2D eigenvalue weighted by Gasteiger charge is -2.67. The second-order valence-electron chi connectivity index (χ2n) is 18.1. The minimum absolute atomic E-state index is 0.00621. The first-order valence-electron chi connectivity index (χ1n) is 21.7. The van der Waals surface area contributed by atoms with Gasteiger partial charge in [-0.15, -0.1) is 0 Å². The molecule has 2 saturated carbocycles. The fourth-order valence-corrected chi connectivity index (χ4v) is 10.6. The molecule has 0 amide bonds. The molecule has 66 heavy (non-hydrogen) atoms. The summed E-state index contributed by atoms with van der Waals surface area (Å²) in [6.45, 7) is 7.97. The van der Waals surface area contributed by atoms with Gasteiger partial charge < -0.3 is 48.5 Å². The van der Waals surface area contributed by atoms with Crippen LogP contribution in [0.4, 0.5) is 0 Å². The summed E-state index contributed by atoms with van der Waals surface area (Å²) in [5, 5.41) is 40.3. The summed E-state index contributed by atoms with van der Waals surface area (Å²) in [5.41, 5.74) is -7.02. The molecule has 1 unspecified atom stereocenters. The highest BCUT2D eigenvalue weighted by molar-refractivity contribution is 7.85. The number of rotatable bonds is 18. The Hall–Kier alpha value is -4.64. The average molecular weight is 946 g/mol. The molecule has 1 saturated heterocycles. The molecule has 20 heteroatoms. The van der Waals surface area contributed by atoms with Gasteiger partial charge in [-0.2, -0.15) is 8.42 Å². The van der Waals surface area contributed by atoms with Gasteiger partial charge in [0, 0.05) is 37.6 Å². The van der Waals surface area contributed by atoms with Crippen LogP contribution in [-0.4, -0.2) is 151 Å². The van der Waals surface area contributed by atoms with Gasteiger partial charge in [-0.3, -0.25) is 19.5 Å². The second kappa shape index (κ2) is 19.9. The number of aliphatic hydroxyl groups excluding tert-OH is 2. The molecule has 5 N–H and O–H groups in total. The molecule has 11 atom stereocenters. The standard InChI is InChI=1S/C46H59NO18S/c1-26(29-13-9-7-10-14-29)37(63-34(50)23-60-20-19-59-18-17-47-25-66(56,57)58)42(54)62-31-22-46(55)40(64-41(53)30-15-11-8-12-16-30)38-44(6,39(52)36(51)35(27(31)2)43(46,4)5)32(49)21-33-45(38,24-61-33)65-28(3)48/h7-16,26,31-33,36-38,40,47,49,51,55H,17-25H2,1-6H3,(H,56,57,58)/t26-,31-,32-,33?,36+,37+,38-,40-,44+,45-,46+/m0/s1. The molecule has 362 valence electrons. The first-order chi connectivity index (χ1) is 31.0. The van der Waals surface area contributed by atoms with Gasteiger partial charge in [0.1, 0.15) is 42.5 Å². The van der Waals surface area contributed by atoms with Crippen molar-refractivity contribution >= 4 is 39.8 Å². The van der Waals surface area contributed by atoms with Crippen LogP contribution < -0.4 is 5.32 Å². The molecular weight excluding hydrogens is 887 g/mol. The zero-order valence-corrected chi connectivity index (χ0v) is 38.5. The summed E-state index contributed by atoms with van der Waals surface area (Å²) in [5.74, 6) is -7.64. The van der Waals surface area contributed by atoms with E-state index in [1.807, 2.05) is 0 Å². The Bertz CT molecular complexity index is 2270. The largest absolute Gasteiger partial charge is 0.455 e. The number of benzene rings is 2. The molecule has 2 aromatic rings. The van der Waals surface area contributed by atoms with E-state index in [9.17, 15) is 42.9 Å². The van der Waals surface area contributed by atoms with E-state index in [0.29, 0.717) is 5.56 Å². The highest BCUT2D eigenvalue weighted by atomic mass is 32.2. The molecular formula is C46H59NO18S. The molecule has 3 aliphatic carbocycles. The van der Waals surface area contributed by atoms with E-state index >= 15 is 4.79 Å². The van der Waals surface area contributed by atoms with Gasteiger partial charge in [-0.1, -0.05) is 69.3 Å². The van der Waals surface area contributed by atoms with Gasteiger partial charge in [0.2, 0.25) is 6.10 Å². The second-order valence-corrected chi connectivity index (χ2v) is 19.5. The van der Waals surface area contributed by atoms with Gasteiger partial charge in [0.25, 0.3) is 10.1 Å². The van der Waals surface area contributed by atoms with Crippen LogP contribution in [0, 0.1) is 16.7 Å².